The Bertz CT molecular complexity index is 867. The summed E-state index contributed by atoms with van der Waals surface area (Å²) < 4.78 is 16.4. The Morgan fingerprint density at radius 2 is 0.956 bits per heavy atom. The molecule has 256 valence electrons. The Morgan fingerprint density at radius 3 is 1.56 bits per heavy atom. The number of unbranched alkanes of at least 4 members (excludes halogenated alkanes) is 10. The van der Waals surface area contributed by atoms with Crippen molar-refractivity contribution in [3.05, 3.63) is 60.8 Å². The van der Waals surface area contributed by atoms with E-state index in [0.717, 1.165) is 64.2 Å². The summed E-state index contributed by atoms with van der Waals surface area (Å²) in [5, 5.41) is 0. The smallest absolute Gasteiger partial charge is 0.309 e. The van der Waals surface area contributed by atoms with Gasteiger partial charge >= 0.3 is 17.9 Å². The summed E-state index contributed by atoms with van der Waals surface area (Å²) in [6.07, 6.45) is 38.3. The van der Waals surface area contributed by atoms with E-state index in [4.69, 9.17) is 14.2 Å². The molecule has 0 aromatic heterocycles. The lowest BCUT2D eigenvalue weighted by atomic mass is 10.1. The zero-order valence-electron chi connectivity index (χ0n) is 28.9. The first-order valence-electron chi connectivity index (χ1n) is 17.8. The summed E-state index contributed by atoms with van der Waals surface area (Å²) in [7, 11) is 0. The maximum atomic E-state index is 12.5. The van der Waals surface area contributed by atoms with Crippen molar-refractivity contribution in [2.24, 2.45) is 0 Å². The first kappa shape index (κ1) is 42.1. The van der Waals surface area contributed by atoms with E-state index >= 15 is 0 Å². The SMILES string of the molecule is CC/C=C\C/C=C\C/C=C\CC(=O)OCC(COC(=O)CCCCCCCCCCC)OC(=O)CCCC/C=C\C/C=C\CC. The molecule has 0 aliphatic heterocycles. The van der Waals surface area contributed by atoms with Gasteiger partial charge in [-0.2, -0.15) is 0 Å². The summed E-state index contributed by atoms with van der Waals surface area (Å²) in [6.45, 7) is 6.19. The number of hydrogen-bond donors (Lipinski definition) is 0. The van der Waals surface area contributed by atoms with Gasteiger partial charge in [0.15, 0.2) is 6.10 Å². The monoisotopic (exact) mass is 628 g/mol. The van der Waals surface area contributed by atoms with Crippen LogP contribution in [0, 0.1) is 0 Å². The van der Waals surface area contributed by atoms with Crippen molar-refractivity contribution in [3.63, 3.8) is 0 Å². The largest absolute Gasteiger partial charge is 0.462 e. The summed E-state index contributed by atoms with van der Waals surface area (Å²) in [5.74, 6) is -1.10. The normalized spacial score (nSPS) is 12.7. The number of rotatable bonds is 30. The van der Waals surface area contributed by atoms with E-state index < -0.39 is 12.1 Å². The molecule has 45 heavy (non-hydrogen) atoms. The van der Waals surface area contributed by atoms with Crippen LogP contribution in [0.25, 0.3) is 0 Å². The van der Waals surface area contributed by atoms with Crippen LogP contribution in [-0.4, -0.2) is 37.2 Å². The molecular weight excluding hydrogens is 564 g/mol. The maximum Gasteiger partial charge on any atom is 0.309 e. The maximum absolute atomic E-state index is 12.5. The van der Waals surface area contributed by atoms with Gasteiger partial charge in [-0.25, -0.2) is 0 Å². The minimum atomic E-state index is -0.818. The predicted molar refractivity (Wildman–Crippen MR) is 187 cm³/mol. The lowest BCUT2D eigenvalue weighted by molar-refractivity contribution is -0.166. The number of esters is 3. The fraction of sp³-hybridized carbons (Fsp3) is 0.667. The van der Waals surface area contributed by atoms with E-state index in [9.17, 15) is 14.4 Å². The molecule has 0 N–H and O–H groups in total. The second-order valence-electron chi connectivity index (χ2n) is 11.4. The zero-order valence-corrected chi connectivity index (χ0v) is 28.9. The predicted octanol–water partition coefficient (Wildman–Crippen LogP) is 10.6. The van der Waals surface area contributed by atoms with E-state index in [2.05, 4.69) is 69.4 Å². The quantitative estimate of drug-likeness (QED) is 0.0341. The van der Waals surface area contributed by atoms with Gasteiger partial charge in [-0.05, 0) is 57.8 Å². The van der Waals surface area contributed by atoms with Gasteiger partial charge in [0.25, 0.3) is 0 Å². The Hall–Kier alpha value is -2.89. The molecular formula is C39H64O6. The van der Waals surface area contributed by atoms with Crippen LogP contribution < -0.4 is 0 Å². The highest BCUT2D eigenvalue weighted by molar-refractivity contribution is 5.72. The fourth-order valence-corrected chi connectivity index (χ4v) is 4.42. The average Bonchev–Trinajstić information content (AvgIpc) is 3.03. The minimum absolute atomic E-state index is 0.115. The van der Waals surface area contributed by atoms with Crippen LogP contribution in [-0.2, 0) is 28.6 Å². The van der Waals surface area contributed by atoms with Gasteiger partial charge in [-0.1, -0.05) is 133 Å². The van der Waals surface area contributed by atoms with E-state index in [1.54, 1.807) is 6.08 Å². The van der Waals surface area contributed by atoms with Crippen LogP contribution >= 0.6 is 0 Å². The van der Waals surface area contributed by atoms with Gasteiger partial charge in [0.05, 0.1) is 6.42 Å². The van der Waals surface area contributed by atoms with Gasteiger partial charge in [-0.15, -0.1) is 0 Å². The minimum Gasteiger partial charge on any atom is -0.462 e. The van der Waals surface area contributed by atoms with Gasteiger partial charge < -0.3 is 14.2 Å². The molecule has 0 rings (SSSR count). The van der Waals surface area contributed by atoms with Gasteiger partial charge in [-0.3, -0.25) is 14.4 Å². The molecule has 0 bridgehead atoms. The second kappa shape index (κ2) is 34.0. The molecule has 0 amide bonds. The third-order valence-corrected chi connectivity index (χ3v) is 7.05. The molecule has 1 atom stereocenters. The number of carbonyl (C=O) groups is 3. The van der Waals surface area contributed by atoms with Crippen LogP contribution in [0.2, 0.25) is 0 Å². The Balaban J connectivity index is 4.54. The van der Waals surface area contributed by atoms with Crippen molar-refractivity contribution in [2.45, 2.75) is 155 Å². The number of hydrogen-bond acceptors (Lipinski definition) is 6. The lowest BCUT2D eigenvalue weighted by Crippen LogP contribution is -2.30. The van der Waals surface area contributed by atoms with Gasteiger partial charge in [0.1, 0.15) is 13.2 Å². The molecule has 0 saturated carbocycles. The third-order valence-electron chi connectivity index (χ3n) is 7.05. The molecule has 0 aromatic carbocycles. The zero-order chi connectivity index (χ0) is 33.1. The van der Waals surface area contributed by atoms with Crippen LogP contribution in [0.4, 0.5) is 0 Å². The summed E-state index contributed by atoms with van der Waals surface area (Å²) in [6, 6.07) is 0. The van der Waals surface area contributed by atoms with Crippen molar-refractivity contribution in [1.82, 2.24) is 0 Å². The first-order chi connectivity index (χ1) is 22.0. The highest BCUT2D eigenvalue weighted by Gasteiger charge is 2.19. The average molecular weight is 629 g/mol. The van der Waals surface area contributed by atoms with Crippen LogP contribution in [0.15, 0.2) is 60.8 Å². The van der Waals surface area contributed by atoms with Gasteiger partial charge in [0, 0.05) is 12.8 Å². The van der Waals surface area contributed by atoms with Crippen molar-refractivity contribution < 1.29 is 28.6 Å². The van der Waals surface area contributed by atoms with E-state index in [1.165, 1.54) is 38.5 Å². The molecule has 1 unspecified atom stereocenters. The molecule has 0 aliphatic rings. The van der Waals surface area contributed by atoms with Crippen LogP contribution in [0.1, 0.15) is 149 Å². The van der Waals surface area contributed by atoms with E-state index in [-0.39, 0.29) is 38.0 Å². The third kappa shape index (κ3) is 32.3. The number of carbonyl (C=O) groups excluding carboxylic acids is 3. The Labute approximate surface area is 275 Å². The summed E-state index contributed by atoms with van der Waals surface area (Å²) >= 11 is 0. The van der Waals surface area contributed by atoms with Crippen LogP contribution in [0.5, 0.6) is 0 Å². The molecule has 6 heteroatoms. The molecule has 0 saturated heterocycles. The Morgan fingerprint density at radius 1 is 0.489 bits per heavy atom. The highest BCUT2D eigenvalue weighted by Crippen LogP contribution is 2.11. The van der Waals surface area contributed by atoms with E-state index in [0.29, 0.717) is 12.8 Å². The lowest BCUT2D eigenvalue weighted by Gasteiger charge is -2.18. The molecule has 6 nitrogen and oxygen atoms in total. The summed E-state index contributed by atoms with van der Waals surface area (Å²) in [4.78, 5) is 37.1. The summed E-state index contributed by atoms with van der Waals surface area (Å²) in [5.41, 5.74) is 0. The molecule has 0 aliphatic carbocycles. The first-order valence-corrected chi connectivity index (χ1v) is 17.8. The van der Waals surface area contributed by atoms with Gasteiger partial charge in [0.2, 0.25) is 0 Å². The molecule has 0 radical (unpaired) electrons. The van der Waals surface area contributed by atoms with E-state index in [1.807, 2.05) is 6.08 Å². The topological polar surface area (TPSA) is 78.9 Å². The van der Waals surface area contributed by atoms with Crippen LogP contribution in [0.3, 0.4) is 0 Å². The Kier molecular flexibility index (Phi) is 31.8. The molecule has 0 fully saturated rings. The number of ether oxygens (including phenoxy) is 3. The highest BCUT2D eigenvalue weighted by atomic mass is 16.6. The fourth-order valence-electron chi connectivity index (χ4n) is 4.42. The van der Waals surface area contributed by atoms with Crippen molar-refractivity contribution >= 4 is 17.9 Å². The second-order valence-corrected chi connectivity index (χ2v) is 11.4. The van der Waals surface area contributed by atoms with Crippen molar-refractivity contribution in [2.75, 3.05) is 13.2 Å². The van der Waals surface area contributed by atoms with Crippen molar-refractivity contribution in [3.8, 4) is 0 Å². The molecule has 0 heterocycles. The molecule has 0 spiro atoms. The standard InChI is InChI=1S/C39H64O6/c1-4-7-10-13-16-19-22-25-28-31-37(40)43-34-36(45-39(42)33-30-27-24-21-18-15-12-9-6-3)35-44-38(41)32-29-26-23-20-17-14-11-8-5-2/h7,9-10,12,16,18-19,21,25,28,36H,4-6,8,11,13-15,17,20,22-24,26-27,29-35H2,1-3H3/b10-7-,12-9-,19-16-,21-18-,28-25-. The van der Waals surface area contributed by atoms with Crippen molar-refractivity contribution in [1.29, 1.82) is 0 Å². The molecule has 0 aromatic rings. The number of allylic oxidation sites excluding steroid dienone is 9.